The van der Waals surface area contributed by atoms with Crippen LogP contribution in [0.4, 0.5) is 0 Å². The second kappa shape index (κ2) is 4.30. The number of ketones is 1. The highest BCUT2D eigenvalue weighted by Crippen LogP contribution is 2.34. The first kappa shape index (κ1) is 10.8. The smallest absolute Gasteiger partial charge is 0.181 e. The number of carbonyl (C=O) groups is 1. The zero-order valence-electron chi connectivity index (χ0n) is 7.58. The van der Waals surface area contributed by atoms with Gasteiger partial charge in [-0.3, -0.25) is 4.79 Å². The average molecular weight is 216 g/mol. The number of nitrogens with two attached hydrogens (primary N) is 1. The zero-order chi connectivity index (χ0) is 10.7. The van der Waals surface area contributed by atoms with Crippen LogP contribution in [-0.4, -0.2) is 24.5 Å². The summed E-state index contributed by atoms with van der Waals surface area (Å²) in [6.07, 6.45) is 0. The SMILES string of the molecule is COc1c(O)ccc(Cl)c1C(=O)CN. The molecule has 0 aliphatic carbocycles. The van der Waals surface area contributed by atoms with Crippen LogP contribution in [-0.2, 0) is 0 Å². The predicted molar refractivity (Wildman–Crippen MR) is 53.1 cm³/mol. The Morgan fingerprint density at radius 1 is 1.64 bits per heavy atom. The molecule has 0 atom stereocenters. The van der Waals surface area contributed by atoms with E-state index in [0.29, 0.717) is 0 Å². The van der Waals surface area contributed by atoms with Crippen LogP contribution in [0.1, 0.15) is 10.4 Å². The minimum Gasteiger partial charge on any atom is -0.504 e. The zero-order valence-corrected chi connectivity index (χ0v) is 8.34. The van der Waals surface area contributed by atoms with Gasteiger partial charge in [-0.25, -0.2) is 0 Å². The van der Waals surface area contributed by atoms with Crippen LogP contribution in [0.5, 0.6) is 11.5 Å². The number of benzene rings is 1. The molecule has 0 spiro atoms. The molecule has 1 rings (SSSR count). The highest BCUT2D eigenvalue weighted by molar-refractivity contribution is 6.34. The lowest BCUT2D eigenvalue weighted by molar-refractivity contribution is 0.0998. The van der Waals surface area contributed by atoms with E-state index < -0.39 is 0 Å². The van der Waals surface area contributed by atoms with E-state index in [1.54, 1.807) is 0 Å². The fourth-order valence-electron chi connectivity index (χ4n) is 1.12. The third-order valence-corrected chi connectivity index (χ3v) is 2.07. The lowest BCUT2D eigenvalue weighted by Gasteiger charge is -2.09. The van der Waals surface area contributed by atoms with Crippen LogP contribution in [0.25, 0.3) is 0 Å². The topological polar surface area (TPSA) is 72.5 Å². The van der Waals surface area contributed by atoms with Gasteiger partial charge in [0.05, 0.1) is 24.2 Å². The molecular formula is C9H10ClNO3. The molecule has 0 heterocycles. The Morgan fingerprint density at radius 2 is 2.29 bits per heavy atom. The lowest BCUT2D eigenvalue weighted by Crippen LogP contribution is -2.15. The number of methoxy groups -OCH3 is 1. The van der Waals surface area contributed by atoms with Gasteiger partial charge in [-0.15, -0.1) is 0 Å². The summed E-state index contributed by atoms with van der Waals surface area (Å²) in [4.78, 5) is 11.4. The Labute approximate surface area is 86.2 Å². The van der Waals surface area contributed by atoms with Crippen LogP contribution in [0, 0.1) is 0 Å². The van der Waals surface area contributed by atoms with Gasteiger partial charge in [-0.2, -0.15) is 0 Å². The monoisotopic (exact) mass is 215 g/mol. The van der Waals surface area contributed by atoms with Gasteiger partial charge >= 0.3 is 0 Å². The molecule has 76 valence electrons. The van der Waals surface area contributed by atoms with Gasteiger partial charge in [-0.1, -0.05) is 11.6 Å². The van der Waals surface area contributed by atoms with Gasteiger partial charge in [0.2, 0.25) is 0 Å². The number of halogens is 1. The number of Topliss-reactive ketones (excluding diaryl/α,β-unsaturated/α-hetero) is 1. The Morgan fingerprint density at radius 3 is 2.79 bits per heavy atom. The van der Waals surface area contributed by atoms with E-state index in [0.717, 1.165) is 0 Å². The summed E-state index contributed by atoms with van der Waals surface area (Å²) in [5, 5.41) is 9.60. The maximum Gasteiger partial charge on any atom is 0.181 e. The number of phenolic OH excluding ortho intramolecular Hbond substituents is 1. The first-order valence-corrected chi connectivity index (χ1v) is 4.28. The average Bonchev–Trinajstić information content (AvgIpc) is 2.19. The maximum absolute atomic E-state index is 11.4. The van der Waals surface area contributed by atoms with Gasteiger partial charge in [0, 0.05) is 0 Å². The van der Waals surface area contributed by atoms with Crippen LogP contribution in [0.3, 0.4) is 0 Å². The minimum atomic E-state index is -0.372. The standard InChI is InChI=1S/C9H10ClNO3/c1-14-9-6(12)3-2-5(10)8(9)7(13)4-11/h2-3,12H,4,11H2,1H3. The Hall–Kier alpha value is -1.26. The Bertz CT molecular complexity index is 365. The van der Waals surface area contributed by atoms with Crippen LogP contribution >= 0.6 is 11.6 Å². The van der Waals surface area contributed by atoms with Crippen molar-refractivity contribution < 1.29 is 14.6 Å². The fraction of sp³-hybridized carbons (Fsp3) is 0.222. The number of carbonyl (C=O) groups excluding carboxylic acids is 1. The number of ether oxygens (including phenoxy) is 1. The fourth-order valence-corrected chi connectivity index (χ4v) is 1.37. The van der Waals surface area contributed by atoms with Crippen LogP contribution in [0.15, 0.2) is 12.1 Å². The van der Waals surface area contributed by atoms with E-state index in [9.17, 15) is 9.90 Å². The predicted octanol–water partition coefficient (Wildman–Crippen LogP) is 1.20. The van der Waals surface area contributed by atoms with E-state index in [4.69, 9.17) is 22.1 Å². The van der Waals surface area contributed by atoms with E-state index in [1.807, 2.05) is 0 Å². The summed E-state index contributed by atoms with van der Waals surface area (Å²) in [5.41, 5.74) is 5.32. The molecule has 1 aromatic rings. The normalized spacial score (nSPS) is 9.93. The molecule has 0 bridgehead atoms. The van der Waals surface area contributed by atoms with Crippen molar-refractivity contribution >= 4 is 17.4 Å². The molecule has 5 heteroatoms. The first-order valence-electron chi connectivity index (χ1n) is 3.90. The van der Waals surface area contributed by atoms with Gasteiger partial charge in [-0.05, 0) is 12.1 Å². The quantitative estimate of drug-likeness (QED) is 0.743. The lowest BCUT2D eigenvalue weighted by atomic mass is 10.1. The van der Waals surface area contributed by atoms with Gasteiger partial charge in [0.1, 0.15) is 0 Å². The van der Waals surface area contributed by atoms with Gasteiger partial charge in [0.15, 0.2) is 17.3 Å². The molecule has 0 saturated heterocycles. The number of rotatable bonds is 3. The van der Waals surface area contributed by atoms with Crippen molar-refractivity contribution in [2.24, 2.45) is 5.73 Å². The van der Waals surface area contributed by atoms with E-state index in [1.165, 1.54) is 19.2 Å². The van der Waals surface area contributed by atoms with Gasteiger partial charge < -0.3 is 15.6 Å². The molecule has 1 aromatic carbocycles. The number of hydrogen-bond acceptors (Lipinski definition) is 4. The molecule has 0 fully saturated rings. The summed E-state index contributed by atoms with van der Waals surface area (Å²) < 4.78 is 4.87. The molecule has 4 nitrogen and oxygen atoms in total. The van der Waals surface area contributed by atoms with Crippen molar-refractivity contribution in [3.05, 3.63) is 22.7 Å². The molecule has 0 radical (unpaired) electrons. The third-order valence-electron chi connectivity index (χ3n) is 1.75. The second-order valence-corrected chi connectivity index (χ2v) is 3.01. The van der Waals surface area contributed by atoms with Crippen molar-refractivity contribution in [1.29, 1.82) is 0 Å². The molecular weight excluding hydrogens is 206 g/mol. The van der Waals surface area contributed by atoms with E-state index in [-0.39, 0.29) is 34.4 Å². The molecule has 0 amide bonds. The molecule has 0 unspecified atom stereocenters. The first-order chi connectivity index (χ1) is 6.61. The highest BCUT2D eigenvalue weighted by atomic mass is 35.5. The maximum atomic E-state index is 11.4. The number of phenols is 1. The molecule has 14 heavy (non-hydrogen) atoms. The second-order valence-electron chi connectivity index (χ2n) is 2.60. The summed E-state index contributed by atoms with van der Waals surface area (Å²) in [7, 11) is 1.35. The summed E-state index contributed by atoms with van der Waals surface area (Å²) in [6.45, 7) is -0.181. The number of aromatic hydroxyl groups is 1. The molecule has 0 aliphatic rings. The van der Waals surface area contributed by atoms with Crippen LogP contribution < -0.4 is 10.5 Å². The van der Waals surface area contributed by atoms with Crippen molar-refractivity contribution in [2.45, 2.75) is 0 Å². The summed E-state index contributed by atoms with van der Waals surface area (Å²) in [6, 6.07) is 2.77. The van der Waals surface area contributed by atoms with Crippen LogP contribution in [0.2, 0.25) is 5.02 Å². The molecule has 0 aliphatic heterocycles. The van der Waals surface area contributed by atoms with Crippen molar-refractivity contribution in [2.75, 3.05) is 13.7 Å². The van der Waals surface area contributed by atoms with E-state index >= 15 is 0 Å². The number of hydrogen-bond donors (Lipinski definition) is 2. The molecule has 3 N–H and O–H groups in total. The summed E-state index contributed by atoms with van der Waals surface area (Å²) in [5.74, 6) is -0.440. The van der Waals surface area contributed by atoms with Crippen molar-refractivity contribution in [1.82, 2.24) is 0 Å². The van der Waals surface area contributed by atoms with Crippen molar-refractivity contribution in [3.8, 4) is 11.5 Å². The summed E-state index contributed by atoms with van der Waals surface area (Å²) >= 11 is 5.79. The van der Waals surface area contributed by atoms with Crippen molar-refractivity contribution in [3.63, 3.8) is 0 Å². The highest BCUT2D eigenvalue weighted by Gasteiger charge is 2.18. The molecule has 0 aromatic heterocycles. The Kier molecular flexibility index (Phi) is 3.33. The van der Waals surface area contributed by atoms with E-state index in [2.05, 4.69) is 0 Å². The molecule has 0 saturated carbocycles. The third kappa shape index (κ3) is 1.81. The van der Waals surface area contributed by atoms with Gasteiger partial charge in [0.25, 0.3) is 0 Å². The largest absolute Gasteiger partial charge is 0.504 e. The minimum absolute atomic E-state index is 0.0629. The Balaban J connectivity index is 3.37.